The minimum Gasteiger partial charge on any atom is -0.319 e. The lowest BCUT2D eigenvalue weighted by Crippen LogP contribution is -2.53. The number of nitrogens with one attached hydrogen (secondary N) is 1. The lowest BCUT2D eigenvalue weighted by atomic mass is 10.1. The molecule has 1 heterocycles. The molecule has 1 saturated heterocycles. The molecule has 170 valence electrons. The van der Waals surface area contributed by atoms with Crippen LogP contribution in [0.5, 0.6) is 0 Å². The lowest BCUT2D eigenvalue weighted by Gasteiger charge is -2.36. The van der Waals surface area contributed by atoms with Crippen molar-refractivity contribution in [3.05, 3.63) is 63.7 Å². The van der Waals surface area contributed by atoms with Gasteiger partial charge in [-0.2, -0.15) is 4.31 Å². The van der Waals surface area contributed by atoms with Crippen LogP contribution in [0.4, 0.5) is 11.4 Å². The number of nitro groups is 1. The maximum Gasteiger partial charge on any atom is 0.292 e. The molecule has 0 unspecified atom stereocenters. The SMILES string of the molecule is C[C@@H](C(=O)Nc1ccccc1[N+](=O)[O-])N1CCN(S(=O)(=O)c2ccc3c(c2)CCC3)CC1. The van der Waals surface area contributed by atoms with Crippen LogP contribution < -0.4 is 5.32 Å². The molecule has 2 aromatic rings. The van der Waals surface area contributed by atoms with E-state index in [0.717, 1.165) is 24.8 Å². The molecule has 1 amide bonds. The summed E-state index contributed by atoms with van der Waals surface area (Å²) in [6.45, 7) is 3.07. The average Bonchev–Trinajstić information content (AvgIpc) is 3.27. The molecule has 0 spiro atoms. The zero-order valence-corrected chi connectivity index (χ0v) is 18.7. The van der Waals surface area contributed by atoms with Gasteiger partial charge in [-0.25, -0.2) is 8.42 Å². The third kappa shape index (κ3) is 4.38. The lowest BCUT2D eigenvalue weighted by molar-refractivity contribution is -0.383. The Morgan fingerprint density at radius 3 is 2.47 bits per heavy atom. The number of anilines is 1. The second-order valence-electron chi connectivity index (χ2n) is 8.16. The van der Waals surface area contributed by atoms with Crippen molar-refractivity contribution in [2.24, 2.45) is 0 Å². The maximum absolute atomic E-state index is 13.1. The molecule has 1 aliphatic carbocycles. The maximum atomic E-state index is 13.1. The van der Waals surface area contributed by atoms with Gasteiger partial charge in [-0.15, -0.1) is 0 Å². The van der Waals surface area contributed by atoms with Crippen LogP contribution in [0.1, 0.15) is 24.5 Å². The van der Waals surface area contributed by atoms with E-state index in [9.17, 15) is 23.3 Å². The van der Waals surface area contributed by atoms with Gasteiger partial charge in [-0.3, -0.25) is 19.8 Å². The molecule has 0 saturated carbocycles. The number of carbonyl (C=O) groups excluding carboxylic acids is 1. The Hall–Kier alpha value is -2.82. The first-order chi connectivity index (χ1) is 15.3. The molecule has 0 bridgehead atoms. The highest BCUT2D eigenvalue weighted by Gasteiger charge is 2.32. The number of para-hydroxylation sites is 2. The Labute approximate surface area is 187 Å². The summed E-state index contributed by atoms with van der Waals surface area (Å²) in [5, 5.41) is 13.8. The second-order valence-corrected chi connectivity index (χ2v) is 10.1. The summed E-state index contributed by atoms with van der Waals surface area (Å²) >= 11 is 0. The highest BCUT2D eigenvalue weighted by Crippen LogP contribution is 2.27. The highest BCUT2D eigenvalue weighted by atomic mass is 32.2. The summed E-state index contributed by atoms with van der Waals surface area (Å²) in [6.07, 6.45) is 2.97. The van der Waals surface area contributed by atoms with Crippen LogP contribution in [0.2, 0.25) is 0 Å². The van der Waals surface area contributed by atoms with Crippen molar-refractivity contribution in [3.8, 4) is 0 Å². The molecular formula is C22H26N4O5S. The van der Waals surface area contributed by atoms with E-state index in [0.29, 0.717) is 18.0 Å². The topological polar surface area (TPSA) is 113 Å². The molecule has 0 aromatic heterocycles. The second kappa shape index (κ2) is 8.97. The van der Waals surface area contributed by atoms with E-state index >= 15 is 0 Å². The van der Waals surface area contributed by atoms with Crippen molar-refractivity contribution in [3.63, 3.8) is 0 Å². The highest BCUT2D eigenvalue weighted by molar-refractivity contribution is 7.89. The van der Waals surface area contributed by atoms with Crippen LogP contribution in [0, 0.1) is 10.1 Å². The normalized spacial score (nSPS) is 18.2. The predicted molar refractivity (Wildman–Crippen MR) is 120 cm³/mol. The summed E-state index contributed by atoms with van der Waals surface area (Å²) < 4.78 is 27.7. The van der Waals surface area contributed by atoms with Crippen molar-refractivity contribution < 1.29 is 18.1 Å². The van der Waals surface area contributed by atoms with E-state index < -0.39 is 21.0 Å². The quantitative estimate of drug-likeness (QED) is 0.525. The molecule has 4 rings (SSSR count). The van der Waals surface area contributed by atoms with Crippen LogP contribution >= 0.6 is 0 Å². The van der Waals surface area contributed by atoms with E-state index in [2.05, 4.69) is 5.32 Å². The molecule has 1 N–H and O–H groups in total. The molecule has 0 radical (unpaired) electrons. The number of sulfonamides is 1. The van der Waals surface area contributed by atoms with Crippen molar-refractivity contribution in [1.82, 2.24) is 9.21 Å². The predicted octanol–water partition coefficient (Wildman–Crippen LogP) is 2.42. The molecule has 1 atom stereocenters. The Morgan fingerprint density at radius 1 is 1.06 bits per heavy atom. The summed E-state index contributed by atoms with van der Waals surface area (Å²) in [7, 11) is -3.59. The number of carbonyl (C=O) groups is 1. The fourth-order valence-electron chi connectivity index (χ4n) is 4.33. The van der Waals surface area contributed by atoms with E-state index in [1.165, 1.54) is 28.1 Å². The summed E-state index contributed by atoms with van der Waals surface area (Å²) in [4.78, 5) is 25.5. The summed E-state index contributed by atoms with van der Waals surface area (Å²) in [5.41, 5.74) is 2.32. The number of benzene rings is 2. The van der Waals surface area contributed by atoms with Gasteiger partial charge in [0, 0.05) is 32.2 Å². The average molecular weight is 459 g/mol. The number of hydrogen-bond acceptors (Lipinski definition) is 6. The molecule has 2 aromatic carbocycles. The first kappa shape index (κ1) is 22.4. The van der Waals surface area contributed by atoms with Gasteiger partial charge in [0.05, 0.1) is 15.9 Å². The Kier molecular flexibility index (Phi) is 6.27. The van der Waals surface area contributed by atoms with Crippen LogP contribution in [0.25, 0.3) is 0 Å². The number of rotatable bonds is 6. The third-order valence-corrected chi connectivity index (χ3v) is 8.16. The van der Waals surface area contributed by atoms with E-state index in [-0.39, 0.29) is 30.4 Å². The van der Waals surface area contributed by atoms with Crippen molar-refractivity contribution in [1.29, 1.82) is 0 Å². The smallest absolute Gasteiger partial charge is 0.292 e. The van der Waals surface area contributed by atoms with Crippen LogP contribution in [-0.4, -0.2) is 60.7 Å². The van der Waals surface area contributed by atoms with Gasteiger partial charge < -0.3 is 5.32 Å². The number of aryl methyl sites for hydroxylation is 2. The molecule has 1 aliphatic heterocycles. The minimum absolute atomic E-state index is 0.146. The van der Waals surface area contributed by atoms with Gasteiger partial charge in [0.2, 0.25) is 15.9 Å². The van der Waals surface area contributed by atoms with Gasteiger partial charge in [-0.1, -0.05) is 18.2 Å². The zero-order chi connectivity index (χ0) is 22.9. The fraction of sp³-hybridized carbons (Fsp3) is 0.409. The minimum atomic E-state index is -3.59. The van der Waals surface area contributed by atoms with Crippen molar-refractivity contribution >= 4 is 27.3 Å². The van der Waals surface area contributed by atoms with Gasteiger partial charge in [0.25, 0.3) is 5.69 Å². The number of nitro benzene ring substituents is 1. The number of fused-ring (bicyclic) bond motifs is 1. The van der Waals surface area contributed by atoms with Crippen LogP contribution in [0.3, 0.4) is 0 Å². The molecule has 10 heteroatoms. The van der Waals surface area contributed by atoms with Gasteiger partial charge in [0.15, 0.2) is 0 Å². The number of piperazine rings is 1. The number of hydrogen-bond donors (Lipinski definition) is 1. The van der Waals surface area contributed by atoms with E-state index in [1.54, 1.807) is 25.1 Å². The zero-order valence-electron chi connectivity index (χ0n) is 17.9. The van der Waals surface area contributed by atoms with Gasteiger partial charge in [-0.05, 0) is 55.5 Å². The van der Waals surface area contributed by atoms with Gasteiger partial charge in [0.1, 0.15) is 5.69 Å². The first-order valence-electron chi connectivity index (χ1n) is 10.7. The van der Waals surface area contributed by atoms with Crippen molar-refractivity contribution in [2.45, 2.75) is 37.1 Å². The number of amides is 1. The van der Waals surface area contributed by atoms with E-state index in [1.807, 2.05) is 11.0 Å². The Bertz CT molecular complexity index is 1140. The molecular weight excluding hydrogens is 432 g/mol. The Morgan fingerprint density at radius 2 is 1.75 bits per heavy atom. The summed E-state index contributed by atoms with van der Waals surface area (Å²) in [6, 6.07) is 10.8. The fourth-order valence-corrected chi connectivity index (χ4v) is 5.80. The van der Waals surface area contributed by atoms with E-state index in [4.69, 9.17) is 0 Å². The van der Waals surface area contributed by atoms with Crippen LogP contribution in [-0.2, 0) is 27.7 Å². The van der Waals surface area contributed by atoms with Gasteiger partial charge >= 0.3 is 0 Å². The third-order valence-electron chi connectivity index (χ3n) is 6.27. The Balaban J connectivity index is 1.39. The number of nitrogens with zero attached hydrogens (tertiary/aromatic N) is 3. The largest absolute Gasteiger partial charge is 0.319 e. The molecule has 32 heavy (non-hydrogen) atoms. The standard InChI is InChI=1S/C22H26N4O5S/c1-16(22(27)23-20-7-2-3-8-21(20)26(28)29)24-11-13-25(14-12-24)32(30,31)19-10-9-17-5-4-6-18(17)15-19/h2-3,7-10,15-16H,4-6,11-14H2,1H3,(H,23,27)/t16-/m0/s1. The molecule has 9 nitrogen and oxygen atoms in total. The molecule has 2 aliphatic rings. The monoisotopic (exact) mass is 458 g/mol. The van der Waals surface area contributed by atoms with Crippen molar-refractivity contribution in [2.75, 3.05) is 31.5 Å². The van der Waals surface area contributed by atoms with Crippen LogP contribution in [0.15, 0.2) is 47.4 Å². The summed E-state index contributed by atoms with van der Waals surface area (Å²) in [5.74, 6) is -0.366. The molecule has 1 fully saturated rings. The first-order valence-corrected chi connectivity index (χ1v) is 12.1.